The highest BCUT2D eigenvalue weighted by Crippen LogP contribution is 2.24. The molecule has 0 spiro atoms. The van der Waals surface area contributed by atoms with E-state index < -0.39 is 0 Å². The number of rotatable bonds is 2. The Morgan fingerprint density at radius 3 is 3.00 bits per heavy atom. The fraction of sp³-hybridized carbons (Fsp3) is 0.727. The van der Waals surface area contributed by atoms with Crippen LogP contribution in [-0.4, -0.2) is 9.55 Å². The molecule has 2 heterocycles. The summed E-state index contributed by atoms with van der Waals surface area (Å²) in [4.78, 5) is 4.60. The normalized spacial score (nSPS) is 20.9. The first-order chi connectivity index (χ1) is 6.76. The Balaban J connectivity index is 2.42. The summed E-state index contributed by atoms with van der Waals surface area (Å²) in [5.41, 5.74) is 8.21. The number of aromatic nitrogens is 2. The summed E-state index contributed by atoms with van der Waals surface area (Å²) in [6.45, 7) is 6.19. The van der Waals surface area contributed by atoms with Gasteiger partial charge < -0.3 is 10.3 Å². The Hall–Kier alpha value is -0.830. The zero-order chi connectivity index (χ0) is 10.1. The average molecular weight is 193 g/mol. The first-order valence-corrected chi connectivity index (χ1v) is 5.53. The molecule has 1 aromatic rings. The lowest BCUT2D eigenvalue weighted by molar-refractivity contribution is 0.390. The van der Waals surface area contributed by atoms with Gasteiger partial charge >= 0.3 is 0 Å². The predicted octanol–water partition coefficient (Wildman–Crippen LogP) is 1.49. The van der Waals surface area contributed by atoms with Crippen molar-refractivity contribution in [3.05, 3.63) is 17.2 Å². The SMILES string of the molecule is CCc1nc(CN)c2n1CC(C)CC2. The van der Waals surface area contributed by atoms with E-state index in [9.17, 15) is 0 Å². The average Bonchev–Trinajstić information content (AvgIpc) is 2.55. The second-order valence-corrected chi connectivity index (χ2v) is 4.23. The summed E-state index contributed by atoms with van der Waals surface area (Å²) < 4.78 is 2.39. The van der Waals surface area contributed by atoms with E-state index in [1.165, 1.54) is 17.9 Å². The molecule has 1 aromatic heterocycles. The van der Waals surface area contributed by atoms with Crippen molar-refractivity contribution in [1.82, 2.24) is 9.55 Å². The van der Waals surface area contributed by atoms with E-state index in [0.717, 1.165) is 31.0 Å². The monoisotopic (exact) mass is 193 g/mol. The minimum Gasteiger partial charge on any atom is -0.331 e. The number of hydrogen-bond acceptors (Lipinski definition) is 2. The van der Waals surface area contributed by atoms with E-state index in [4.69, 9.17) is 5.73 Å². The zero-order valence-electron chi connectivity index (χ0n) is 9.08. The third-order valence-electron chi connectivity index (χ3n) is 3.11. The first kappa shape index (κ1) is 9.71. The summed E-state index contributed by atoms with van der Waals surface area (Å²) in [5.74, 6) is 2.00. The van der Waals surface area contributed by atoms with Crippen LogP contribution in [0.2, 0.25) is 0 Å². The van der Waals surface area contributed by atoms with Crippen LogP contribution >= 0.6 is 0 Å². The molecule has 0 saturated carbocycles. The molecule has 3 heteroatoms. The van der Waals surface area contributed by atoms with Crippen molar-refractivity contribution >= 4 is 0 Å². The molecular weight excluding hydrogens is 174 g/mol. The molecule has 0 radical (unpaired) electrons. The van der Waals surface area contributed by atoms with Gasteiger partial charge in [-0.05, 0) is 18.8 Å². The fourth-order valence-corrected chi connectivity index (χ4v) is 2.31. The lowest BCUT2D eigenvalue weighted by Gasteiger charge is -2.22. The minimum atomic E-state index is 0.587. The highest BCUT2D eigenvalue weighted by molar-refractivity contribution is 5.19. The highest BCUT2D eigenvalue weighted by atomic mass is 15.1. The van der Waals surface area contributed by atoms with Gasteiger partial charge in [-0.1, -0.05) is 13.8 Å². The van der Waals surface area contributed by atoms with Crippen molar-refractivity contribution in [2.45, 2.75) is 46.2 Å². The van der Waals surface area contributed by atoms with Crippen LogP contribution in [0.3, 0.4) is 0 Å². The molecule has 2 N–H and O–H groups in total. The number of nitrogens with zero attached hydrogens (tertiary/aromatic N) is 2. The zero-order valence-corrected chi connectivity index (χ0v) is 9.08. The maximum Gasteiger partial charge on any atom is 0.108 e. The highest BCUT2D eigenvalue weighted by Gasteiger charge is 2.21. The van der Waals surface area contributed by atoms with Crippen molar-refractivity contribution in [2.24, 2.45) is 11.7 Å². The van der Waals surface area contributed by atoms with E-state index in [2.05, 4.69) is 23.4 Å². The van der Waals surface area contributed by atoms with E-state index in [0.29, 0.717) is 6.54 Å². The third kappa shape index (κ3) is 1.46. The van der Waals surface area contributed by atoms with Gasteiger partial charge in [0.1, 0.15) is 5.82 Å². The van der Waals surface area contributed by atoms with Gasteiger partial charge in [0.25, 0.3) is 0 Å². The Morgan fingerprint density at radius 2 is 2.36 bits per heavy atom. The van der Waals surface area contributed by atoms with Crippen LogP contribution in [0, 0.1) is 5.92 Å². The van der Waals surface area contributed by atoms with Gasteiger partial charge in [0.15, 0.2) is 0 Å². The van der Waals surface area contributed by atoms with Crippen LogP contribution in [0.1, 0.15) is 37.5 Å². The molecule has 14 heavy (non-hydrogen) atoms. The van der Waals surface area contributed by atoms with E-state index in [-0.39, 0.29) is 0 Å². The summed E-state index contributed by atoms with van der Waals surface area (Å²) in [7, 11) is 0. The Labute approximate surface area is 85.3 Å². The minimum absolute atomic E-state index is 0.587. The van der Waals surface area contributed by atoms with Crippen molar-refractivity contribution in [1.29, 1.82) is 0 Å². The standard InChI is InChI=1S/C11H19N3/c1-3-11-13-9(6-12)10-5-4-8(2)7-14(10)11/h8H,3-7,12H2,1-2H3. The van der Waals surface area contributed by atoms with Gasteiger partial charge in [-0.25, -0.2) is 4.98 Å². The molecule has 0 bridgehead atoms. The number of fused-ring (bicyclic) bond motifs is 1. The Kier molecular flexibility index (Phi) is 2.59. The van der Waals surface area contributed by atoms with Crippen LogP contribution in [0.5, 0.6) is 0 Å². The molecule has 1 aliphatic heterocycles. The van der Waals surface area contributed by atoms with E-state index in [1.807, 2.05) is 0 Å². The molecule has 0 amide bonds. The molecule has 1 unspecified atom stereocenters. The summed E-state index contributed by atoms with van der Waals surface area (Å²) >= 11 is 0. The maximum atomic E-state index is 5.70. The van der Waals surface area contributed by atoms with Crippen LogP contribution < -0.4 is 5.73 Å². The molecular formula is C11H19N3. The number of nitrogens with two attached hydrogens (primary N) is 1. The van der Waals surface area contributed by atoms with Gasteiger partial charge in [-0.2, -0.15) is 0 Å². The molecule has 0 aromatic carbocycles. The smallest absolute Gasteiger partial charge is 0.108 e. The van der Waals surface area contributed by atoms with Crippen molar-refractivity contribution in [3.8, 4) is 0 Å². The topological polar surface area (TPSA) is 43.8 Å². The fourth-order valence-electron chi connectivity index (χ4n) is 2.31. The van der Waals surface area contributed by atoms with Crippen LogP contribution in [0.4, 0.5) is 0 Å². The molecule has 1 aliphatic rings. The van der Waals surface area contributed by atoms with Crippen LogP contribution in [0.25, 0.3) is 0 Å². The van der Waals surface area contributed by atoms with Gasteiger partial charge in [-0.3, -0.25) is 0 Å². The molecule has 0 fully saturated rings. The lowest BCUT2D eigenvalue weighted by atomic mass is 9.99. The van der Waals surface area contributed by atoms with Crippen molar-refractivity contribution in [2.75, 3.05) is 0 Å². The van der Waals surface area contributed by atoms with Crippen LogP contribution in [-0.2, 0) is 25.9 Å². The molecule has 1 atom stereocenters. The quantitative estimate of drug-likeness (QED) is 0.773. The van der Waals surface area contributed by atoms with Crippen LogP contribution in [0.15, 0.2) is 0 Å². The molecule has 0 saturated heterocycles. The Morgan fingerprint density at radius 1 is 1.57 bits per heavy atom. The second kappa shape index (κ2) is 3.73. The predicted molar refractivity (Wildman–Crippen MR) is 57.0 cm³/mol. The summed E-state index contributed by atoms with van der Waals surface area (Å²) in [6.07, 6.45) is 3.45. The second-order valence-electron chi connectivity index (χ2n) is 4.23. The summed E-state index contributed by atoms with van der Waals surface area (Å²) in [5, 5.41) is 0. The van der Waals surface area contributed by atoms with Gasteiger partial charge in [0, 0.05) is 25.2 Å². The molecule has 2 rings (SSSR count). The lowest BCUT2D eigenvalue weighted by Crippen LogP contribution is -2.20. The van der Waals surface area contributed by atoms with E-state index >= 15 is 0 Å². The number of hydrogen-bond donors (Lipinski definition) is 1. The van der Waals surface area contributed by atoms with E-state index in [1.54, 1.807) is 0 Å². The largest absolute Gasteiger partial charge is 0.331 e. The summed E-state index contributed by atoms with van der Waals surface area (Å²) in [6, 6.07) is 0. The first-order valence-electron chi connectivity index (χ1n) is 5.53. The molecule has 0 aliphatic carbocycles. The van der Waals surface area contributed by atoms with Crippen molar-refractivity contribution < 1.29 is 0 Å². The van der Waals surface area contributed by atoms with Gasteiger partial charge in [-0.15, -0.1) is 0 Å². The Bertz CT molecular complexity index is 328. The molecule has 3 nitrogen and oxygen atoms in total. The maximum absolute atomic E-state index is 5.70. The number of imidazole rings is 1. The van der Waals surface area contributed by atoms with Gasteiger partial charge in [0.2, 0.25) is 0 Å². The third-order valence-corrected chi connectivity index (χ3v) is 3.11. The van der Waals surface area contributed by atoms with Crippen molar-refractivity contribution in [3.63, 3.8) is 0 Å². The molecule has 78 valence electrons. The van der Waals surface area contributed by atoms with Gasteiger partial charge in [0.05, 0.1) is 5.69 Å². The number of aryl methyl sites for hydroxylation is 1.